The molecule has 0 unspecified atom stereocenters. The maximum absolute atomic E-state index is 11.5. The first kappa shape index (κ1) is 13.1. The number of fused-ring (bicyclic) bond motifs is 1. The summed E-state index contributed by atoms with van der Waals surface area (Å²) in [6.07, 6.45) is 3.45. The number of pyridine rings is 1. The van der Waals surface area contributed by atoms with Gasteiger partial charge in [-0.3, -0.25) is 4.68 Å². The van der Waals surface area contributed by atoms with Crippen LogP contribution in [0.4, 0.5) is 0 Å². The number of carbonyl (C=O) groups is 1. The Kier molecular flexibility index (Phi) is 3.06. The molecule has 0 radical (unpaired) electrons. The van der Waals surface area contributed by atoms with Crippen molar-refractivity contribution in [2.75, 3.05) is 7.11 Å². The van der Waals surface area contributed by atoms with E-state index in [1.54, 1.807) is 55.5 Å². The molecular formula is C15H13N3O3. The van der Waals surface area contributed by atoms with Crippen LogP contribution in [0.15, 0.2) is 36.7 Å². The molecule has 2 heterocycles. The van der Waals surface area contributed by atoms with E-state index in [9.17, 15) is 9.90 Å². The largest absolute Gasteiger partial charge is 0.497 e. The van der Waals surface area contributed by atoms with Crippen LogP contribution >= 0.6 is 0 Å². The Morgan fingerprint density at radius 1 is 1.33 bits per heavy atom. The number of carboxylic acid groups (broad SMARTS) is 1. The number of ether oxygens (including phenoxy) is 1. The highest BCUT2D eigenvalue weighted by Crippen LogP contribution is 2.27. The predicted octanol–water partition coefficient (Wildman–Crippen LogP) is 2.34. The minimum atomic E-state index is -0.999. The van der Waals surface area contributed by atoms with E-state index in [0.29, 0.717) is 22.3 Å². The van der Waals surface area contributed by atoms with Crippen molar-refractivity contribution < 1.29 is 14.6 Å². The van der Waals surface area contributed by atoms with Crippen molar-refractivity contribution in [2.45, 2.75) is 0 Å². The quantitative estimate of drug-likeness (QED) is 0.798. The van der Waals surface area contributed by atoms with E-state index < -0.39 is 5.97 Å². The van der Waals surface area contributed by atoms with E-state index in [0.717, 1.165) is 5.56 Å². The predicted molar refractivity (Wildman–Crippen MR) is 77.5 cm³/mol. The van der Waals surface area contributed by atoms with Gasteiger partial charge in [0.25, 0.3) is 0 Å². The fourth-order valence-corrected chi connectivity index (χ4v) is 2.21. The van der Waals surface area contributed by atoms with Crippen LogP contribution in [0.5, 0.6) is 5.75 Å². The van der Waals surface area contributed by atoms with Gasteiger partial charge in [-0.05, 0) is 24.3 Å². The smallest absolute Gasteiger partial charge is 0.336 e. The van der Waals surface area contributed by atoms with Gasteiger partial charge in [0.2, 0.25) is 0 Å². The van der Waals surface area contributed by atoms with Crippen LogP contribution < -0.4 is 4.74 Å². The molecule has 2 aromatic heterocycles. The van der Waals surface area contributed by atoms with Gasteiger partial charge < -0.3 is 9.84 Å². The van der Waals surface area contributed by atoms with E-state index in [-0.39, 0.29) is 5.56 Å². The zero-order chi connectivity index (χ0) is 15.0. The summed E-state index contributed by atoms with van der Waals surface area (Å²) in [5.74, 6) is -0.401. The Hall–Kier alpha value is -2.89. The number of methoxy groups -OCH3 is 1. The fraction of sp³-hybridized carbons (Fsp3) is 0.133. The summed E-state index contributed by atoms with van der Waals surface area (Å²) >= 11 is 0. The number of aromatic nitrogens is 3. The molecule has 6 heteroatoms. The first-order valence-corrected chi connectivity index (χ1v) is 6.29. The lowest BCUT2D eigenvalue weighted by Gasteiger charge is -2.07. The third-order valence-corrected chi connectivity index (χ3v) is 3.25. The molecule has 106 valence electrons. The van der Waals surface area contributed by atoms with Crippen molar-refractivity contribution in [2.24, 2.45) is 7.05 Å². The zero-order valence-electron chi connectivity index (χ0n) is 11.6. The number of rotatable bonds is 3. The summed E-state index contributed by atoms with van der Waals surface area (Å²) in [5, 5.41) is 14.1. The molecule has 0 aliphatic rings. The number of carboxylic acids is 1. The van der Waals surface area contributed by atoms with Crippen LogP contribution in [0.3, 0.4) is 0 Å². The fourth-order valence-electron chi connectivity index (χ4n) is 2.21. The third kappa shape index (κ3) is 2.31. The van der Waals surface area contributed by atoms with Crippen LogP contribution in [0.1, 0.15) is 10.4 Å². The number of hydrogen-bond donors (Lipinski definition) is 1. The van der Waals surface area contributed by atoms with Gasteiger partial charge in [-0.2, -0.15) is 5.10 Å². The monoisotopic (exact) mass is 283 g/mol. The Bertz CT molecular complexity index is 839. The molecule has 0 fully saturated rings. The average Bonchev–Trinajstić information content (AvgIpc) is 2.92. The Labute approximate surface area is 120 Å². The Morgan fingerprint density at radius 2 is 2.14 bits per heavy atom. The number of benzene rings is 1. The second kappa shape index (κ2) is 4.90. The summed E-state index contributed by atoms with van der Waals surface area (Å²) in [6, 6.07) is 6.74. The number of hydrogen-bond acceptors (Lipinski definition) is 4. The van der Waals surface area contributed by atoms with Gasteiger partial charge in [-0.15, -0.1) is 0 Å². The van der Waals surface area contributed by atoms with Crippen LogP contribution in [0.2, 0.25) is 0 Å². The van der Waals surface area contributed by atoms with Crippen molar-refractivity contribution in [1.82, 2.24) is 14.8 Å². The highest BCUT2D eigenvalue weighted by Gasteiger charge is 2.14. The van der Waals surface area contributed by atoms with E-state index >= 15 is 0 Å². The number of aryl methyl sites for hydroxylation is 1. The number of aromatic carboxylic acids is 1. The van der Waals surface area contributed by atoms with E-state index in [1.807, 2.05) is 0 Å². The summed E-state index contributed by atoms with van der Waals surface area (Å²) in [4.78, 5) is 16.0. The van der Waals surface area contributed by atoms with Crippen molar-refractivity contribution in [3.63, 3.8) is 0 Å². The highest BCUT2D eigenvalue weighted by atomic mass is 16.5. The molecule has 0 aliphatic carbocycles. The van der Waals surface area contributed by atoms with E-state index in [4.69, 9.17) is 4.74 Å². The van der Waals surface area contributed by atoms with Gasteiger partial charge >= 0.3 is 5.97 Å². The molecule has 21 heavy (non-hydrogen) atoms. The van der Waals surface area contributed by atoms with Crippen LogP contribution in [0.25, 0.3) is 22.2 Å². The first-order valence-electron chi connectivity index (χ1n) is 6.29. The molecule has 0 spiro atoms. The summed E-state index contributed by atoms with van der Waals surface area (Å²) in [5.41, 5.74) is 2.16. The van der Waals surface area contributed by atoms with E-state index in [2.05, 4.69) is 10.1 Å². The first-order chi connectivity index (χ1) is 10.1. The third-order valence-electron chi connectivity index (χ3n) is 3.25. The standard InChI is InChI=1S/C15H13N3O3/c1-18-8-9(7-16-18)14-6-12(15(19)20)11-5-10(21-2)3-4-13(11)17-14/h3-8H,1-2H3,(H,19,20). The average molecular weight is 283 g/mol. The molecular weight excluding hydrogens is 270 g/mol. The van der Waals surface area contributed by atoms with Crippen molar-refractivity contribution in [3.8, 4) is 17.0 Å². The molecule has 0 atom stereocenters. The molecule has 0 aliphatic heterocycles. The van der Waals surface area contributed by atoms with Gasteiger partial charge in [-0.25, -0.2) is 9.78 Å². The molecule has 3 aromatic rings. The molecule has 6 nitrogen and oxygen atoms in total. The SMILES string of the molecule is COc1ccc2nc(-c3cnn(C)c3)cc(C(=O)O)c2c1. The van der Waals surface area contributed by atoms with Crippen molar-refractivity contribution in [3.05, 3.63) is 42.2 Å². The summed E-state index contributed by atoms with van der Waals surface area (Å²) in [7, 11) is 3.34. The zero-order valence-corrected chi connectivity index (χ0v) is 11.6. The van der Waals surface area contributed by atoms with E-state index in [1.165, 1.54) is 0 Å². The second-order valence-electron chi connectivity index (χ2n) is 4.65. The van der Waals surface area contributed by atoms with Gasteiger partial charge in [0.1, 0.15) is 5.75 Å². The van der Waals surface area contributed by atoms with Gasteiger partial charge in [0, 0.05) is 24.2 Å². The topological polar surface area (TPSA) is 77.2 Å². The van der Waals surface area contributed by atoms with Crippen LogP contribution in [-0.4, -0.2) is 33.0 Å². The minimum absolute atomic E-state index is 0.192. The Morgan fingerprint density at radius 3 is 2.76 bits per heavy atom. The van der Waals surface area contributed by atoms with Crippen LogP contribution in [-0.2, 0) is 7.05 Å². The molecule has 0 saturated carbocycles. The lowest BCUT2D eigenvalue weighted by molar-refractivity contribution is 0.0699. The van der Waals surface area contributed by atoms with Gasteiger partial charge in [0.05, 0.1) is 30.1 Å². The molecule has 0 saturated heterocycles. The summed E-state index contributed by atoms with van der Waals surface area (Å²) < 4.78 is 6.79. The van der Waals surface area contributed by atoms with Crippen LogP contribution in [0, 0.1) is 0 Å². The summed E-state index contributed by atoms with van der Waals surface area (Å²) in [6.45, 7) is 0. The molecule has 0 amide bonds. The normalized spacial score (nSPS) is 10.8. The highest BCUT2D eigenvalue weighted by molar-refractivity contribution is 6.04. The minimum Gasteiger partial charge on any atom is -0.497 e. The molecule has 0 bridgehead atoms. The van der Waals surface area contributed by atoms with Crippen molar-refractivity contribution in [1.29, 1.82) is 0 Å². The lowest BCUT2D eigenvalue weighted by atomic mass is 10.1. The molecule has 1 aromatic carbocycles. The molecule has 1 N–H and O–H groups in total. The maximum Gasteiger partial charge on any atom is 0.336 e. The Balaban J connectivity index is 2.28. The van der Waals surface area contributed by atoms with Gasteiger partial charge in [-0.1, -0.05) is 0 Å². The van der Waals surface area contributed by atoms with Crippen molar-refractivity contribution >= 4 is 16.9 Å². The maximum atomic E-state index is 11.5. The van der Waals surface area contributed by atoms with Gasteiger partial charge in [0.15, 0.2) is 0 Å². The lowest BCUT2D eigenvalue weighted by Crippen LogP contribution is -2.00. The number of nitrogens with zero attached hydrogens (tertiary/aromatic N) is 3. The second-order valence-corrected chi connectivity index (χ2v) is 4.65. The molecule has 3 rings (SSSR count).